The molecule has 0 unspecified atom stereocenters. The molecule has 0 saturated heterocycles. The fourth-order valence-corrected chi connectivity index (χ4v) is 1.83. The van der Waals surface area contributed by atoms with Crippen molar-refractivity contribution in [1.29, 1.82) is 0 Å². The van der Waals surface area contributed by atoms with Gasteiger partial charge in [-0.25, -0.2) is 0 Å². The van der Waals surface area contributed by atoms with E-state index in [2.05, 4.69) is 12.1 Å². The van der Waals surface area contributed by atoms with Gasteiger partial charge in [-0.3, -0.25) is 0 Å². The zero-order valence-corrected chi connectivity index (χ0v) is 8.76. The fraction of sp³-hybridized carbons (Fsp3) is 0.462. The smallest absolute Gasteiger partial charge is 0.120 e. The van der Waals surface area contributed by atoms with E-state index in [1.165, 1.54) is 5.56 Å². The molecule has 1 fully saturated rings. The SMILES string of the molecule is O=CC[C@@H]1C[C@@H]1COCc1ccccc1. The van der Waals surface area contributed by atoms with Gasteiger partial charge < -0.3 is 9.53 Å². The van der Waals surface area contributed by atoms with Crippen molar-refractivity contribution in [3.05, 3.63) is 35.9 Å². The summed E-state index contributed by atoms with van der Waals surface area (Å²) in [4.78, 5) is 10.3. The lowest BCUT2D eigenvalue weighted by atomic mass is 10.2. The van der Waals surface area contributed by atoms with Gasteiger partial charge in [-0.05, 0) is 23.8 Å². The van der Waals surface area contributed by atoms with Crippen LogP contribution in [-0.2, 0) is 16.1 Å². The summed E-state index contributed by atoms with van der Waals surface area (Å²) in [5.74, 6) is 1.22. The summed E-state index contributed by atoms with van der Waals surface area (Å²) in [5, 5.41) is 0. The second-order valence-electron chi connectivity index (χ2n) is 4.16. The minimum atomic E-state index is 0.596. The molecule has 80 valence electrons. The average molecular weight is 204 g/mol. The normalized spacial score (nSPS) is 23.7. The predicted molar refractivity (Wildman–Crippen MR) is 58.4 cm³/mol. The van der Waals surface area contributed by atoms with Crippen LogP contribution < -0.4 is 0 Å². The van der Waals surface area contributed by atoms with Gasteiger partial charge in [0.1, 0.15) is 6.29 Å². The van der Waals surface area contributed by atoms with E-state index in [-0.39, 0.29) is 0 Å². The van der Waals surface area contributed by atoms with Crippen molar-refractivity contribution in [2.75, 3.05) is 6.61 Å². The minimum absolute atomic E-state index is 0.596. The van der Waals surface area contributed by atoms with Crippen LogP contribution in [0.5, 0.6) is 0 Å². The third-order valence-electron chi connectivity index (χ3n) is 2.91. The van der Waals surface area contributed by atoms with Gasteiger partial charge in [-0.15, -0.1) is 0 Å². The molecule has 2 nitrogen and oxygen atoms in total. The van der Waals surface area contributed by atoms with Crippen LogP contribution in [0.4, 0.5) is 0 Å². The number of aldehydes is 1. The molecule has 2 atom stereocenters. The zero-order chi connectivity index (χ0) is 10.5. The van der Waals surface area contributed by atoms with Crippen molar-refractivity contribution in [3.63, 3.8) is 0 Å². The highest BCUT2D eigenvalue weighted by molar-refractivity contribution is 5.50. The Balaban J connectivity index is 1.62. The number of hydrogen-bond donors (Lipinski definition) is 0. The van der Waals surface area contributed by atoms with E-state index in [4.69, 9.17) is 4.74 Å². The molecule has 0 heterocycles. The molecule has 1 aliphatic carbocycles. The third-order valence-corrected chi connectivity index (χ3v) is 2.91. The van der Waals surface area contributed by atoms with Crippen LogP contribution in [0, 0.1) is 11.8 Å². The Hall–Kier alpha value is -1.15. The molecule has 1 aromatic rings. The lowest BCUT2D eigenvalue weighted by Gasteiger charge is -2.03. The van der Waals surface area contributed by atoms with Gasteiger partial charge in [0.25, 0.3) is 0 Å². The molecule has 2 heteroatoms. The molecule has 0 aromatic heterocycles. The highest BCUT2D eigenvalue weighted by Crippen LogP contribution is 2.40. The molecule has 1 aromatic carbocycles. The van der Waals surface area contributed by atoms with Crippen molar-refractivity contribution < 1.29 is 9.53 Å². The standard InChI is InChI=1S/C13H16O2/c14-7-6-12-8-13(12)10-15-9-11-4-2-1-3-5-11/h1-5,7,12-13H,6,8-10H2/t12-,13-/m1/s1. The monoisotopic (exact) mass is 204 g/mol. The molecule has 0 spiro atoms. The molecule has 1 saturated carbocycles. The van der Waals surface area contributed by atoms with Crippen LogP contribution in [-0.4, -0.2) is 12.9 Å². The van der Waals surface area contributed by atoms with E-state index in [1.54, 1.807) is 0 Å². The van der Waals surface area contributed by atoms with Crippen LogP contribution in [0.3, 0.4) is 0 Å². The minimum Gasteiger partial charge on any atom is -0.376 e. The first-order valence-corrected chi connectivity index (χ1v) is 5.45. The first kappa shape index (κ1) is 10.4. The van der Waals surface area contributed by atoms with Gasteiger partial charge in [0.15, 0.2) is 0 Å². The molecule has 0 radical (unpaired) electrons. The fourth-order valence-electron chi connectivity index (χ4n) is 1.83. The lowest BCUT2D eigenvalue weighted by molar-refractivity contribution is -0.108. The Labute approximate surface area is 90.3 Å². The number of hydrogen-bond acceptors (Lipinski definition) is 2. The quantitative estimate of drug-likeness (QED) is 0.665. The maximum atomic E-state index is 10.3. The Morgan fingerprint density at radius 3 is 2.80 bits per heavy atom. The summed E-state index contributed by atoms with van der Waals surface area (Å²) in [5.41, 5.74) is 1.21. The summed E-state index contributed by atoms with van der Waals surface area (Å²) in [6.45, 7) is 1.48. The van der Waals surface area contributed by atoms with E-state index < -0.39 is 0 Å². The van der Waals surface area contributed by atoms with Crippen LogP contribution in [0.1, 0.15) is 18.4 Å². The second-order valence-corrected chi connectivity index (χ2v) is 4.16. The molecule has 0 bridgehead atoms. The molecule has 0 amide bonds. The van der Waals surface area contributed by atoms with E-state index in [0.717, 1.165) is 19.3 Å². The molecule has 0 aliphatic heterocycles. The van der Waals surface area contributed by atoms with Gasteiger partial charge in [0.05, 0.1) is 13.2 Å². The Morgan fingerprint density at radius 1 is 1.27 bits per heavy atom. The third kappa shape index (κ3) is 3.17. The predicted octanol–water partition coefficient (Wildman–Crippen LogP) is 2.43. The summed E-state index contributed by atoms with van der Waals surface area (Å²) in [6, 6.07) is 10.2. The summed E-state index contributed by atoms with van der Waals surface area (Å²) < 4.78 is 5.60. The van der Waals surface area contributed by atoms with E-state index in [0.29, 0.717) is 24.9 Å². The number of benzene rings is 1. The van der Waals surface area contributed by atoms with Crippen molar-refractivity contribution in [2.45, 2.75) is 19.4 Å². The average Bonchev–Trinajstić information content (AvgIpc) is 2.99. The van der Waals surface area contributed by atoms with Gasteiger partial charge in [-0.2, -0.15) is 0 Å². The molecule has 1 aliphatic rings. The Bertz CT molecular complexity index is 308. The summed E-state index contributed by atoms with van der Waals surface area (Å²) in [6.07, 6.45) is 2.88. The van der Waals surface area contributed by atoms with Gasteiger partial charge in [-0.1, -0.05) is 30.3 Å². The van der Waals surface area contributed by atoms with Crippen LogP contribution in [0.15, 0.2) is 30.3 Å². The Morgan fingerprint density at radius 2 is 2.07 bits per heavy atom. The van der Waals surface area contributed by atoms with Crippen molar-refractivity contribution >= 4 is 6.29 Å². The molecule has 0 N–H and O–H groups in total. The van der Waals surface area contributed by atoms with E-state index >= 15 is 0 Å². The van der Waals surface area contributed by atoms with Crippen LogP contribution >= 0.6 is 0 Å². The number of ether oxygens (including phenoxy) is 1. The van der Waals surface area contributed by atoms with Crippen LogP contribution in [0.25, 0.3) is 0 Å². The summed E-state index contributed by atoms with van der Waals surface area (Å²) in [7, 11) is 0. The summed E-state index contributed by atoms with van der Waals surface area (Å²) >= 11 is 0. The molecule has 2 rings (SSSR count). The van der Waals surface area contributed by atoms with Crippen molar-refractivity contribution in [2.24, 2.45) is 11.8 Å². The highest BCUT2D eigenvalue weighted by atomic mass is 16.5. The first-order valence-electron chi connectivity index (χ1n) is 5.45. The Kier molecular flexibility index (Phi) is 3.51. The van der Waals surface area contributed by atoms with E-state index in [9.17, 15) is 4.79 Å². The zero-order valence-electron chi connectivity index (χ0n) is 8.76. The first-order chi connectivity index (χ1) is 7.40. The molecular formula is C13H16O2. The molecule has 15 heavy (non-hydrogen) atoms. The number of rotatable bonds is 6. The van der Waals surface area contributed by atoms with Gasteiger partial charge in [0.2, 0.25) is 0 Å². The maximum absolute atomic E-state index is 10.3. The van der Waals surface area contributed by atoms with E-state index in [1.807, 2.05) is 18.2 Å². The largest absolute Gasteiger partial charge is 0.376 e. The van der Waals surface area contributed by atoms with Crippen molar-refractivity contribution in [3.8, 4) is 0 Å². The number of carbonyl (C=O) groups is 1. The number of carbonyl (C=O) groups excluding carboxylic acids is 1. The topological polar surface area (TPSA) is 26.3 Å². The second kappa shape index (κ2) is 5.08. The van der Waals surface area contributed by atoms with Crippen LogP contribution in [0.2, 0.25) is 0 Å². The lowest BCUT2D eigenvalue weighted by Crippen LogP contribution is -1.98. The van der Waals surface area contributed by atoms with Gasteiger partial charge in [0, 0.05) is 6.42 Å². The molecular weight excluding hydrogens is 188 g/mol. The van der Waals surface area contributed by atoms with Crippen molar-refractivity contribution in [1.82, 2.24) is 0 Å². The highest BCUT2D eigenvalue weighted by Gasteiger charge is 2.36. The van der Waals surface area contributed by atoms with Gasteiger partial charge >= 0.3 is 0 Å². The maximum Gasteiger partial charge on any atom is 0.120 e.